The summed E-state index contributed by atoms with van der Waals surface area (Å²) in [7, 11) is 0. The van der Waals surface area contributed by atoms with Crippen LogP contribution in [-0.2, 0) is 20.7 Å². The Hall–Kier alpha value is -2.18. The Morgan fingerprint density at radius 3 is 2.74 bits per heavy atom. The lowest BCUT2D eigenvalue weighted by molar-refractivity contribution is -0.148. The van der Waals surface area contributed by atoms with E-state index in [9.17, 15) is 14.4 Å². The number of hydrogen-bond donors (Lipinski definition) is 1. The fourth-order valence-corrected chi connectivity index (χ4v) is 4.17. The minimum Gasteiger partial charge on any atom is -0.456 e. The van der Waals surface area contributed by atoms with Crippen molar-refractivity contribution < 1.29 is 19.1 Å². The van der Waals surface area contributed by atoms with Crippen LogP contribution in [0.1, 0.15) is 52.5 Å². The number of fused-ring (bicyclic) bond motifs is 1. The summed E-state index contributed by atoms with van der Waals surface area (Å²) in [4.78, 5) is 36.4. The van der Waals surface area contributed by atoms with Crippen LogP contribution in [0, 0.1) is 0 Å². The van der Waals surface area contributed by atoms with Crippen molar-refractivity contribution in [2.75, 3.05) is 6.61 Å². The fourth-order valence-electron chi connectivity index (χ4n) is 3.16. The molecule has 1 atom stereocenters. The number of hydrogen-bond acceptors (Lipinski definition) is 5. The molecule has 1 N–H and O–H groups in total. The molecule has 0 spiro atoms. The number of carbonyl (C=O) groups is 3. The van der Waals surface area contributed by atoms with Gasteiger partial charge in [0.1, 0.15) is 0 Å². The summed E-state index contributed by atoms with van der Waals surface area (Å²) in [5.41, 5.74) is 2.38. The van der Waals surface area contributed by atoms with Gasteiger partial charge in [-0.15, -0.1) is 11.3 Å². The lowest BCUT2D eigenvalue weighted by Gasteiger charge is -2.26. The molecule has 0 fully saturated rings. The third-order valence-corrected chi connectivity index (χ3v) is 5.75. The Morgan fingerprint density at radius 2 is 1.96 bits per heavy atom. The zero-order valence-electron chi connectivity index (χ0n) is 14.7. The second-order valence-electron chi connectivity index (χ2n) is 6.40. The summed E-state index contributed by atoms with van der Waals surface area (Å²) in [6.07, 6.45) is 2.87. The highest BCUT2D eigenvalue weighted by Gasteiger charge is 2.22. The van der Waals surface area contributed by atoms with E-state index in [-0.39, 0.29) is 37.2 Å². The van der Waals surface area contributed by atoms with Gasteiger partial charge in [0.15, 0.2) is 12.4 Å². The Bertz CT molecular complexity index is 848. The molecule has 0 saturated heterocycles. The van der Waals surface area contributed by atoms with Gasteiger partial charge in [-0.1, -0.05) is 35.9 Å². The molecule has 1 heterocycles. The number of ketones is 1. The second-order valence-corrected chi connectivity index (χ2v) is 8.11. The number of esters is 1. The average Bonchev–Trinajstić information content (AvgIpc) is 3.11. The molecular weight excluding hydrogens is 386 g/mol. The molecule has 3 rings (SSSR count). The first-order valence-corrected chi connectivity index (χ1v) is 10.0. The molecule has 0 unspecified atom stereocenters. The molecule has 1 aromatic heterocycles. The number of amides is 1. The second kappa shape index (κ2) is 9.15. The molecule has 7 heteroatoms. The number of benzene rings is 1. The molecule has 1 aliphatic carbocycles. The number of aryl methyl sites for hydroxylation is 1. The van der Waals surface area contributed by atoms with E-state index in [0.29, 0.717) is 9.21 Å². The van der Waals surface area contributed by atoms with Gasteiger partial charge < -0.3 is 10.1 Å². The molecular formula is C20H20ClNO4S. The Labute approximate surface area is 166 Å². The van der Waals surface area contributed by atoms with Crippen LogP contribution in [0.4, 0.5) is 0 Å². The van der Waals surface area contributed by atoms with Crippen LogP contribution < -0.4 is 5.32 Å². The largest absolute Gasteiger partial charge is 0.456 e. The van der Waals surface area contributed by atoms with Gasteiger partial charge in [-0.25, -0.2) is 0 Å². The molecule has 2 aromatic rings. The minimum atomic E-state index is -0.565. The topological polar surface area (TPSA) is 72.5 Å². The number of rotatable bonds is 7. The third-order valence-electron chi connectivity index (χ3n) is 4.47. The predicted molar refractivity (Wildman–Crippen MR) is 104 cm³/mol. The average molecular weight is 406 g/mol. The Kier molecular flexibility index (Phi) is 6.63. The van der Waals surface area contributed by atoms with Gasteiger partial charge in [-0.05, 0) is 42.5 Å². The Balaban J connectivity index is 1.41. The summed E-state index contributed by atoms with van der Waals surface area (Å²) >= 11 is 6.97. The van der Waals surface area contributed by atoms with Crippen molar-refractivity contribution in [3.05, 3.63) is 56.7 Å². The molecule has 5 nitrogen and oxygen atoms in total. The number of halogens is 1. The molecule has 142 valence electrons. The zero-order chi connectivity index (χ0) is 19.2. The maximum absolute atomic E-state index is 12.1. The van der Waals surface area contributed by atoms with Crippen molar-refractivity contribution in [1.82, 2.24) is 5.32 Å². The number of ether oxygens (including phenoxy) is 1. The summed E-state index contributed by atoms with van der Waals surface area (Å²) in [5.74, 6) is -1.06. The van der Waals surface area contributed by atoms with Gasteiger partial charge in [0.2, 0.25) is 0 Å². The molecule has 1 aliphatic rings. The predicted octanol–water partition coefficient (Wildman–Crippen LogP) is 4.10. The van der Waals surface area contributed by atoms with E-state index in [0.717, 1.165) is 24.8 Å². The third kappa shape index (κ3) is 5.40. The van der Waals surface area contributed by atoms with Gasteiger partial charge in [-0.3, -0.25) is 14.4 Å². The highest BCUT2D eigenvalue weighted by Crippen LogP contribution is 2.29. The normalized spacial score (nSPS) is 15.7. The fraction of sp³-hybridized carbons (Fsp3) is 0.350. The van der Waals surface area contributed by atoms with Gasteiger partial charge in [-0.2, -0.15) is 0 Å². The van der Waals surface area contributed by atoms with Gasteiger partial charge in [0.25, 0.3) is 5.91 Å². The number of nitrogens with one attached hydrogen (secondary N) is 1. The molecule has 27 heavy (non-hydrogen) atoms. The molecule has 0 saturated carbocycles. The van der Waals surface area contributed by atoms with E-state index < -0.39 is 5.97 Å². The van der Waals surface area contributed by atoms with Crippen molar-refractivity contribution in [3.8, 4) is 0 Å². The van der Waals surface area contributed by atoms with Crippen LogP contribution >= 0.6 is 22.9 Å². The summed E-state index contributed by atoms with van der Waals surface area (Å²) in [6.45, 7) is -0.337. The van der Waals surface area contributed by atoms with Crippen molar-refractivity contribution >= 4 is 40.6 Å². The minimum absolute atomic E-state index is 0.0350. The van der Waals surface area contributed by atoms with Gasteiger partial charge in [0.05, 0.1) is 21.7 Å². The Morgan fingerprint density at radius 1 is 1.15 bits per heavy atom. The van der Waals surface area contributed by atoms with Crippen LogP contribution in [0.5, 0.6) is 0 Å². The standard InChI is InChI=1S/C20H20ClNO4S/c21-18-10-9-17(27-18)16(23)8-11-20(25)26-12-19(24)22-15-7-3-5-13-4-1-2-6-14(13)15/h1-2,4,6,9-10,15H,3,5,7-8,11-12H2,(H,22,24)/t15-/m0/s1. The van der Waals surface area contributed by atoms with E-state index in [1.165, 1.54) is 16.9 Å². The van der Waals surface area contributed by atoms with Gasteiger partial charge in [0, 0.05) is 6.42 Å². The molecule has 0 radical (unpaired) electrons. The van der Waals surface area contributed by atoms with Crippen molar-refractivity contribution in [3.63, 3.8) is 0 Å². The zero-order valence-corrected chi connectivity index (χ0v) is 16.3. The lowest BCUT2D eigenvalue weighted by atomic mass is 9.88. The van der Waals surface area contributed by atoms with Crippen LogP contribution in [0.3, 0.4) is 0 Å². The molecule has 0 bridgehead atoms. The SMILES string of the molecule is O=C(COC(=O)CCC(=O)c1ccc(Cl)s1)N[C@H]1CCCc2ccccc21. The first kappa shape index (κ1) is 19.6. The summed E-state index contributed by atoms with van der Waals surface area (Å²) in [6, 6.07) is 11.3. The highest BCUT2D eigenvalue weighted by atomic mass is 35.5. The highest BCUT2D eigenvalue weighted by molar-refractivity contribution is 7.18. The van der Waals surface area contributed by atoms with E-state index in [2.05, 4.69) is 11.4 Å². The van der Waals surface area contributed by atoms with Crippen molar-refractivity contribution in [2.24, 2.45) is 0 Å². The van der Waals surface area contributed by atoms with Crippen LogP contribution in [0.15, 0.2) is 36.4 Å². The number of Topliss-reactive ketones (excluding diaryl/α,β-unsaturated/α-hetero) is 1. The molecule has 1 amide bonds. The van der Waals surface area contributed by atoms with Crippen LogP contribution in [0.25, 0.3) is 0 Å². The number of carbonyl (C=O) groups excluding carboxylic acids is 3. The van der Waals surface area contributed by atoms with E-state index in [4.69, 9.17) is 16.3 Å². The smallest absolute Gasteiger partial charge is 0.306 e. The van der Waals surface area contributed by atoms with Crippen LogP contribution in [-0.4, -0.2) is 24.3 Å². The summed E-state index contributed by atoms with van der Waals surface area (Å²) in [5, 5.41) is 2.93. The van der Waals surface area contributed by atoms with Gasteiger partial charge >= 0.3 is 5.97 Å². The lowest BCUT2D eigenvalue weighted by Crippen LogP contribution is -2.34. The van der Waals surface area contributed by atoms with E-state index in [1.807, 2.05) is 18.2 Å². The monoisotopic (exact) mass is 405 g/mol. The number of thiophene rings is 1. The first-order chi connectivity index (χ1) is 13.0. The quantitative estimate of drug-likeness (QED) is 0.556. The van der Waals surface area contributed by atoms with E-state index in [1.54, 1.807) is 12.1 Å². The van der Waals surface area contributed by atoms with E-state index >= 15 is 0 Å². The molecule has 0 aliphatic heterocycles. The van der Waals surface area contributed by atoms with Crippen molar-refractivity contribution in [1.29, 1.82) is 0 Å². The first-order valence-electron chi connectivity index (χ1n) is 8.84. The molecule has 1 aromatic carbocycles. The summed E-state index contributed by atoms with van der Waals surface area (Å²) < 4.78 is 5.53. The van der Waals surface area contributed by atoms with Crippen LogP contribution in [0.2, 0.25) is 4.34 Å². The maximum Gasteiger partial charge on any atom is 0.306 e. The maximum atomic E-state index is 12.1. The van der Waals surface area contributed by atoms with Crippen molar-refractivity contribution in [2.45, 2.75) is 38.1 Å².